The van der Waals surface area contributed by atoms with Gasteiger partial charge in [-0.3, -0.25) is 4.79 Å². The first-order valence-electron chi connectivity index (χ1n) is 6.41. The Balaban J connectivity index is 2.65. The minimum atomic E-state index is -1.14. The van der Waals surface area contributed by atoms with Gasteiger partial charge in [0.1, 0.15) is 10.8 Å². The van der Waals surface area contributed by atoms with Gasteiger partial charge in [0.05, 0.1) is 28.4 Å². The van der Waals surface area contributed by atoms with Crippen molar-refractivity contribution in [2.75, 3.05) is 24.7 Å². The Labute approximate surface area is 141 Å². The Kier molecular flexibility index (Phi) is 4.91. The molecule has 0 aliphatic carbocycles. The molecule has 0 unspecified atom stereocenters. The summed E-state index contributed by atoms with van der Waals surface area (Å²) in [6.45, 7) is 0. The molecular weight excluding hydrogens is 346 g/mol. The van der Waals surface area contributed by atoms with E-state index in [-0.39, 0.29) is 38.6 Å². The van der Waals surface area contributed by atoms with E-state index in [0.29, 0.717) is 0 Å². The van der Waals surface area contributed by atoms with Gasteiger partial charge in [0, 0.05) is 14.1 Å². The van der Waals surface area contributed by atoms with Crippen molar-refractivity contribution >= 4 is 40.7 Å². The maximum Gasteiger partial charge on any atom is 0.309 e. The van der Waals surface area contributed by atoms with Crippen molar-refractivity contribution in [2.24, 2.45) is 0 Å². The van der Waals surface area contributed by atoms with Gasteiger partial charge in [0.15, 0.2) is 11.6 Å². The van der Waals surface area contributed by atoms with Gasteiger partial charge in [0.2, 0.25) is 0 Å². The predicted octanol–water partition coefficient (Wildman–Crippen LogP) is 2.86. The zero-order chi connectivity index (χ0) is 17.3. The Morgan fingerprint density at radius 2 is 2.00 bits per heavy atom. The molecule has 0 atom stereocenters. The summed E-state index contributed by atoms with van der Waals surface area (Å²) < 4.78 is 14.7. The van der Waals surface area contributed by atoms with Crippen LogP contribution in [0.15, 0.2) is 12.1 Å². The van der Waals surface area contributed by atoms with Crippen molar-refractivity contribution in [3.8, 4) is 11.4 Å². The molecule has 0 bridgehead atoms. The number of aromatic nitrogens is 2. The average molecular weight is 359 g/mol. The molecule has 2 aromatic rings. The number of carbonyl (C=O) groups is 1. The van der Waals surface area contributed by atoms with Crippen LogP contribution in [0, 0.1) is 5.82 Å². The summed E-state index contributed by atoms with van der Waals surface area (Å²) in [7, 11) is 3.28. The molecule has 0 radical (unpaired) electrons. The van der Waals surface area contributed by atoms with Crippen LogP contribution in [0.4, 0.5) is 15.9 Å². The lowest BCUT2D eigenvalue weighted by Crippen LogP contribution is -2.13. The molecular formula is C14H13Cl2FN4O2. The summed E-state index contributed by atoms with van der Waals surface area (Å²) in [5, 5.41) is 9.06. The molecule has 0 saturated carbocycles. The highest BCUT2D eigenvalue weighted by Gasteiger charge is 2.20. The monoisotopic (exact) mass is 358 g/mol. The van der Waals surface area contributed by atoms with Crippen LogP contribution in [-0.4, -0.2) is 35.1 Å². The lowest BCUT2D eigenvalue weighted by atomic mass is 10.1. The lowest BCUT2D eigenvalue weighted by Gasteiger charge is -2.17. The maximum absolute atomic E-state index is 14.7. The van der Waals surface area contributed by atoms with Crippen molar-refractivity contribution in [3.63, 3.8) is 0 Å². The molecule has 1 heterocycles. The number of aliphatic carboxylic acids is 1. The molecule has 9 heteroatoms. The number of nitrogen functional groups attached to an aromatic ring is 1. The number of hydrogen-bond donors (Lipinski definition) is 2. The number of hydrogen-bond acceptors (Lipinski definition) is 5. The molecule has 0 spiro atoms. The predicted molar refractivity (Wildman–Crippen MR) is 87.5 cm³/mol. The standard InChI is InChI=1S/C14H13Cl2FN4O2/c1-21(2)12-7(15)4-3-6(11(12)17)14-19-8(5-9(22)23)10(16)13(18)20-14/h3-4H,5H2,1-2H3,(H,22,23)(H2,18,19,20). The largest absolute Gasteiger partial charge is 0.481 e. The zero-order valence-electron chi connectivity index (χ0n) is 12.3. The molecule has 1 aromatic carbocycles. The first-order chi connectivity index (χ1) is 10.7. The Hall–Kier alpha value is -2.12. The Bertz CT molecular complexity index is 784. The summed E-state index contributed by atoms with van der Waals surface area (Å²) in [6.07, 6.45) is -0.450. The summed E-state index contributed by atoms with van der Waals surface area (Å²) in [6, 6.07) is 2.90. The van der Waals surface area contributed by atoms with Crippen LogP contribution < -0.4 is 10.6 Å². The van der Waals surface area contributed by atoms with E-state index in [9.17, 15) is 9.18 Å². The van der Waals surface area contributed by atoms with Crippen LogP contribution in [-0.2, 0) is 11.2 Å². The third kappa shape index (κ3) is 3.46. The van der Waals surface area contributed by atoms with E-state index in [2.05, 4.69) is 9.97 Å². The second-order valence-electron chi connectivity index (χ2n) is 4.92. The molecule has 6 nitrogen and oxygen atoms in total. The first kappa shape index (κ1) is 17.2. The number of carboxylic acids is 1. The highest BCUT2D eigenvalue weighted by Crippen LogP contribution is 2.34. The third-order valence-electron chi connectivity index (χ3n) is 3.02. The van der Waals surface area contributed by atoms with E-state index in [1.54, 1.807) is 14.1 Å². The molecule has 0 amide bonds. The molecule has 3 N–H and O–H groups in total. The highest BCUT2D eigenvalue weighted by atomic mass is 35.5. The van der Waals surface area contributed by atoms with E-state index in [1.165, 1.54) is 17.0 Å². The molecule has 2 rings (SSSR count). The molecule has 0 saturated heterocycles. The van der Waals surface area contributed by atoms with Gasteiger partial charge in [-0.1, -0.05) is 23.2 Å². The fraction of sp³-hybridized carbons (Fsp3) is 0.214. The molecule has 0 aliphatic rings. The Morgan fingerprint density at radius 1 is 1.35 bits per heavy atom. The molecule has 23 heavy (non-hydrogen) atoms. The van der Waals surface area contributed by atoms with Crippen LogP contribution in [0.2, 0.25) is 10.0 Å². The van der Waals surface area contributed by atoms with Gasteiger partial charge in [-0.05, 0) is 12.1 Å². The summed E-state index contributed by atoms with van der Waals surface area (Å²) in [5.41, 5.74) is 5.91. The van der Waals surface area contributed by atoms with Gasteiger partial charge >= 0.3 is 5.97 Å². The first-order valence-corrected chi connectivity index (χ1v) is 7.17. The fourth-order valence-electron chi connectivity index (χ4n) is 2.02. The second kappa shape index (κ2) is 6.55. The summed E-state index contributed by atoms with van der Waals surface area (Å²) in [4.78, 5) is 20.4. The highest BCUT2D eigenvalue weighted by molar-refractivity contribution is 6.34. The fourth-order valence-corrected chi connectivity index (χ4v) is 2.48. The van der Waals surface area contributed by atoms with Gasteiger partial charge in [-0.2, -0.15) is 0 Å². The van der Waals surface area contributed by atoms with E-state index in [1.807, 2.05) is 0 Å². The molecule has 1 aromatic heterocycles. The van der Waals surface area contributed by atoms with Crippen molar-refractivity contribution in [1.29, 1.82) is 0 Å². The minimum Gasteiger partial charge on any atom is -0.481 e. The SMILES string of the molecule is CN(C)c1c(Cl)ccc(-c2nc(N)c(Cl)c(CC(=O)O)n2)c1F. The van der Waals surface area contributed by atoms with Gasteiger partial charge in [-0.25, -0.2) is 14.4 Å². The number of rotatable bonds is 4. The minimum absolute atomic E-state index is 0.0161. The van der Waals surface area contributed by atoms with E-state index < -0.39 is 18.2 Å². The van der Waals surface area contributed by atoms with Gasteiger partial charge in [0.25, 0.3) is 0 Å². The smallest absolute Gasteiger partial charge is 0.309 e. The van der Waals surface area contributed by atoms with Crippen molar-refractivity contribution in [2.45, 2.75) is 6.42 Å². The topological polar surface area (TPSA) is 92.3 Å². The number of nitrogens with zero attached hydrogens (tertiary/aromatic N) is 3. The molecule has 0 fully saturated rings. The average Bonchev–Trinajstić information content (AvgIpc) is 2.43. The lowest BCUT2D eigenvalue weighted by molar-refractivity contribution is -0.136. The maximum atomic E-state index is 14.7. The van der Waals surface area contributed by atoms with Crippen molar-refractivity contribution in [3.05, 3.63) is 33.7 Å². The number of nitrogens with two attached hydrogens (primary N) is 1. The van der Waals surface area contributed by atoms with Crippen LogP contribution in [0.3, 0.4) is 0 Å². The number of benzene rings is 1. The van der Waals surface area contributed by atoms with Crippen LogP contribution >= 0.6 is 23.2 Å². The second-order valence-corrected chi connectivity index (χ2v) is 5.70. The summed E-state index contributed by atoms with van der Waals surface area (Å²) >= 11 is 11.9. The van der Waals surface area contributed by atoms with Gasteiger partial charge in [-0.15, -0.1) is 0 Å². The molecule has 0 aliphatic heterocycles. The van der Waals surface area contributed by atoms with Crippen molar-refractivity contribution < 1.29 is 14.3 Å². The number of anilines is 2. The van der Waals surface area contributed by atoms with Crippen LogP contribution in [0.5, 0.6) is 0 Å². The van der Waals surface area contributed by atoms with E-state index >= 15 is 0 Å². The van der Waals surface area contributed by atoms with Crippen LogP contribution in [0.25, 0.3) is 11.4 Å². The normalized spacial score (nSPS) is 10.7. The zero-order valence-corrected chi connectivity index (χ0v) is 13.8. The molecule has 122 valence electrons. The van der Waals surface area contributed by atoms with E-state index in [0.717, 1.165) is 0 Å². The van der Waals surface area contributed by atoms with Crippen LogP contribution in [0.1, 0.15) is 5.69 Å². The Morgan fingerprint density at radius 3 is 2.57 bits per heavy atom. The van der Waals surface area contributed by atoms with Gasteiger partial charge < -0.3 is 15.7 Å². The van der Waals surface area contributed by atoms with Crippen molar-refractivity contribution in [1.82, 2.24) is 9.97 Å². The summed E-state index contributed by atoms with van der Waals surface area (Å²) in [5.74, 6) is -1.94. The quantitative estimate of drug-likeness (QED) is 0.872. The number of halogens is 3. The third-order valence-corrected chi connectivity index (χ3v) is 3.74. The van der Waals surface area contributed by atoms with E-state index in [4.69, 9.17) is 34.0 Å². The number of carboxylic acid groups (broad SMARTS) is 1.